The van der Waals surface area contributed by atoms with Crippen LogP contribution in [0.2, 0.25) is 0 Å². The maximum atomic E-state index is 12.2. The molecule has 21 heavy (non-hydrogen) atoms. The molecule has 2 fully saturated rings. The second-order valence-corrected chi connectivity index (χ2v) is 7.21. The minimum absolute atomic E-state index is 0.150. The van der Waals surface area contributed by atoms with E-state index in [1.54, 1.807) is 0 Å². The van der Waals surface area contributed by atoms with Crippen LogP contribution in [0.25, 0.3) is 0 Å². The van der Waals surface area contributed by atoms with E-state index >= 15 is 0 Å². The Morgan fingerprint density at radius 1 is 1.48 bits per heavy atom. The molecule has 0 unspecified atom stereocenters. The van der Waals surface area contributed by atoms with Crippen molar-refractivity contribution >= 4 is 18.1 Å². The zero-order valence-corrected chi connectivity index (χ0v) is 13.6. The van der Waals surface area contributed by atoms with Crippen LogP contribution >= 0.6 is 12.2 Å². The molecule has 2 bridgehead atoms. The van der Waals surface area contributed by atoms with Crippen LogP contribution in [-0.4, -0.2) is 20.7 Å². The zero-order chi connectivity index (χ0) is 15.0. The highest BCUT2D eigenvalue weighted by molar-refractivity contribution is 7.71. The standard InChI is InChI=1S/C15H24N4OS/c1-9(2)19-13(17-18-15(19)21)8-16-14(20)7-12-6-10-3-4-11(12)5-10/h9-12H,3-8H2,1-2H3,(H,16,20)(H,18,21)/t10-,11-,12+/m0/s1. The predicted molar refractivity (Wildman–Crippen MR) is 83.2 cm³/mol. The average molecular weight is 308 g/mol. The van der Waals surface area contributed by atoms with Crippen molar-refractivity contribution in [2.75, 3.05) is 0 Å². The van der Waals surface area contributed by atoms with Gasteiger partial charge in [-0.1, -0.05) is 6.42 Å². The predicted octanol–water partition coefficient (Wildman–Crippen LogP) is 2.96. The van der Waals surface area contributed by atoms with Crippen molar-refractivity contribution < 1.29 is 4.79 Å². The molecule has 5 nitrogen and oxygen atoms in total. The van der Waals surface area contributed by atoms with Crippen molar-refractivity contribution in [2.24, 2.45) is 17.8 Å². The quantitative estimate of drug-likeness (QED) is 0.822. The van der Waals surface area contributed by atoms with Crippen LogP contribution in [0.3, 0.4) is 0 Å². The van der Waals surface area contributed by atoms with Gasteiger partial charge in [0, 0.05) is 12.5 Å². The number of H-pyrrole nitrogens is 1. The molecule has 2 aliphatic carbocycles. The third kappa shape index (κ3) is 3.05. The Labute approximate surface area is 130 Å². The fourth-order valence-electron chi connectivity index (χ4n) is 4.11. The molecule has 3 atom stereocenters. The van der Waals surface area contributed by atoms with Gasteiger partial charge in [-0.05, 0) is 63.1 Å². The van der Waals surface area contributed by atoms with E-state index in [2.05, 4.69) is 29.4 Å². The van der Waals surface area contributed by atoms with Crippen LogP contribution in [0.1, 0.15) is 57.8 Å². The third-order valence-electron chi connectivity index (χ3n) is 5.07. The number of amides is 1. The van der Waals surface area contributed by atoms with E-state index in [4.69, 9.17) is 12.2 Å². The number of carbonyl (C=O) groups excluding carboxylic acids is 1. The summed E-state index contributed by atoms with van der Waals surface area (Å²) in [4.78, 5) is 12.2. The number of carbonyl (C=O) groups is 1. The summed E-state index contributed by atoms with van der Waals surface area (Å²) >= 11 is 5.21. The van der Waals surface area contributed by atoms with Crippen LogP contribution < -0.4 is 5.32 Å². The number of aromatic amines is 1. The highest BCUT2D eigenvalue weighted by Crippen LogP contribution is 2.49. The molecule has 1 amide bonds. The summed E-state index contributed by atoms with van der Waals surface area (Å²) in [6, 6.07) is 0.244. The minimum atomic E-state index is 0.150. The third-order valence-corrected chi connectivity index (χ3v) is 5.36. The zero-order valence-electron chi connectivity index (χ0n) is 12.8. The number of fused-ring (bicyclic) bond motifs is 2. The van der Waals surface area contributed by atoms with Crippen molar-refractivity contribution in [3.63, 3.8) is 0 Å². The average Bonchev–Trinajstić information content (AvgIpc) is 3.11. The molecule has 2 N–H and O–H groups in total. The lowest BCUT2D eigenvalue weighted by Crippen LogP contribution is -2.28. The minimum Gasteiger partial charge on any atom is -0.349 e. The first-order valence-corrected chi connectivity index (χ1v) is 8.38. The fourth-order valence-corrected chi connectivity index (χ4v) is 4.47. The topological polar surface area (TPSA) is 62.7 Å². The van der Waals surface area contributed by atoms with Crippen LogP contribution in [0.15, 0.2) is 0 Å². The smallest absolute Gasteiger partial charge is 0.220 e. The van der Waals surface area contributed by atoms with E-state index in [9.17, 15) is 4.79 Å². The first-order chi connectivity index (χ1) is 10.0. The van der Waals surface area contributed by atoms with Gasteiger partial charge in [0.15, 0.2) is 10.6 Å². The van der Waals surface area contributed by atoms with Gasteiger partial charge in [0.2, 0.25) is 5.91 Å². The highest BCUT2D eigenvalue weighted by Gasteiger charge is 2.40. The first kappa shape index (κ1) is 14.8. The number of aromatic nitrogens is 3. The van der Waals surface area contributed by atoms with E-state index in [0.717, 1.165) is 17.7 Å². The second-order valence-electron chi connectivity index (χ2n) is 6.82. The van der Waals surface area contributed by atoms with E-state index in [1.807, 2.05) is 4.57 Å². The van der Waals surface area contributed by atoms with Gasteiger partial charge in [-0.2, -0.15) is 5.10 Å². The maximum absolute atomic E-state index is 12.2. The monoisotopic (exact) mass is 308 g/mol. The molecule has 0 aliphatic heterocycles. The maximum Gasteiger partial charge on any atom is 0.220 e. The van der Waals surface area contributed by atoms with Gasteiger partial charge in [-0.3, -0.25) is 9.89 Å². The van der Waals surface area contributed by atoms with Gasteiger partial charge in [0.25, 0.3) is 0 Å². The molecule has 1 heterocycles. The molecule has 1 aromatic heterocycles. The van der Waals surface area contributed by atoms with Gasteiger partial charge in [-0.15, -0.1) is 0 Å². The molecular weight excluding hydrogens is 284 g/mol. The number of rotatable bonds is 5. The fraction of sp³-hybridized carbons (Fsp3) is 0.800. The van der Waals surface area contributed by atoms with Gasteiger partial charge >= 0.3 is 0 Å². The summed E-state index contributed by atoms with van der Waals surface area (Å²) in [6.07, 6.45) is 5.99. The van der Waals surface area contributed by atoms with Crippen molar-refractivity contribution in [3.8, 4) is 0 Å². The summed E-state index contributed by atoms with van der Waals surface area (Å²) in [5.74, 6) is 3.25. The Morgan fingerprint density at radius 3 is 2.90 bits per heavy atom. The molecule has 2 aliphatic rings. The van der Waals surface area contributed by atoms with Crippen molar-refractivity contribution in [1.29, 1.82) is 0 Å². The lowest BCUT2D eigenvalue weighted by molar-refractivity contribution is -0.122. The SMILES string of the molecule is CC(C)n1c(CNC(=O)C[C@H]2C[C@H]3CC[C@H]2C3)n[nH]c1=S. The van der Waals surface area contributed by atoms with Crippen molar-refractivity contribution in [1.82, 2.24) is 20.1 Å². The Hall–Kier alpha value is -1.17. The molecule has 6 heteroatoms. The Morgan fingerprint density at radius 2 is 2.29 bits per heavy atom. The summed E-state index contributed by atoms with van der Waals surface area (Å²) in [6.45, 7) is 4.57. The highest BCUT2D eigenvalue weighted by atomic mass is 32.1. The van der Waals surface area contributed by atoms with E-state index in [1.165, 1.54) is 25.7 Å². The van der Waals surface area contributed by atoms with E-state index in [-0.39, 0.29) is 11.9 Å². The summed E-state index contributed by atoms with van der Waals surface area (Å²) in [7, 11) is 0. The molecule has 0 radical (unpaired) electrons. The molecule has 0 spiro atoms. The molecule has 0 aromatic carbocycles. The van der Waals surface area contributed by atoms with Gasteiger partial charge in [-0.25, -0.2) is 0 Å². The number of hydrogen-bond acceptors (Lipinski definition) is 3. The van der Waals surface area contributed by atoms with Gasteiger partial charge in [0.1, 0.15) is 0 Å². The van der Waals surface area contributed by atoms with Crippen LogP contribution in [0, 0.1) is 22.5 Å². The molecule has 2 saturated carbocycles. The molecule has 3 rings (SSSR count). The molecule has 0 saturated heterocycles. The first-order valence-electron chi connectivity index (χ1n) is 7.97. The largest absolute Gasteiger partial charge is 0.349 e. The van der Waals surface area contributed by atoms with Crippen LogP contribution in [0.5, 0.6) is 0 Å². The summed E-state index contributed by atoms with van der Waals surface area (Å²) < 4.78 is 2.56. The van der Waals surface area contributed by atoms with E-state index < -0.39 is 0 Å². The van der Waals surface area contributed by atoms with Crippen LogP contribution in [-0.2, 0) is 11.3 Å². The van der Waals surface area contributed by atoms with Gasteiger partial charge in [0.05, 0.1) is 6.54 Å². The lowest BCUT2D eigenvalue weighted by atomic mass is 9.86. The van der Waals surface area contributed by atoms with E-state index in [0.29, 0.717) is 23.7 Å². The summed E-state index contributed by atoms with van der Waals surface area (Å²) in [5, 5.41) is 10.0. The normalized spacial score (nSPS) is 27.5. The van der Waals surface area contributed by atoms with Crippen molar-refractivity contribution in [2.45, 2.75) is 58.5 Å². The van der Waals surface area contributed by atoms with Gasteiger partial charge < -0.3 is 9.88 Å². The molecule has 116 valence electrons. The lowest BCUT2D eigenvalue weighted by Gasteiger charge is -2.21. The Bertz CT molecular complexity index is 576. The number of nitrogens with zero attached hydrogens (tertiary/aromatic N) is 2. The Balaban J connectivity index is 1.53. The second kappa shape index (κ2) is 5.91. The van der Waals surface area contributed by atoms with Crippen molar-refractivity contribution in [3.05, 3.63) is 10.6 Å². The Kier molecular flexibility index (Phi) is 4.15. The molecular formula is C15H24N4OS. The van der Waals surface area contributed by atoms with Crippen LogP contribution in [0.4, 0.5) is 0 Å². The molecule has 1 aromatic rings. The number of nitrogens with one attached hydrogen (secondary N) is 2. The number of hydrogen-bond donors (Lipinski definition) is 2. The summed E-state index contributed by atoms with van der Waals surface area (Å²) in [5.41, 5.74) is 0.